The van der Waals surface area contributed by atoms with Gasteiger partial charge in [0.25, 0.3) is 5.91 Å². The maximum Gasteiger partial charge on any atom is 0.260 e. The third-order valence-corrected chi connectivity index (χ3v) is 4.19. The van der Waals surface area contributed by atoms with E-state index >= 15 is 0 Å². The molecule has 0 bridgehead atoms. The summed E-state index contributed by atoms with van der Waals surface area (Å²) in [5.74, 6) is 1.57. The summed E-state index contributed by atoms with van der Waals surface area (Å²) in [6, 6.07) is 14.1. The van der Waals surface area contributed by atoms with E-state index in [1.807, 2.05) is 51.1 Å². The summed E-state index contributed by atoms with van der Waals surface area (Å²) in [4.78, 5) is 12.2. The molecule has 2 rings (SSSR count). The zero-order valence-electron chi connectivity index (χ0n) is 16.2. The van der Waals surface area contributed by atoms with Gasteiger partial charge < -0.3 is 14.8 Å². The number of aryl methyl sites for hydroxylation is 3. The molecule has 0 fully saturated rings. The van der Waals surface area contributed by atoms with Gasteiger partial charge in [0.2, 0.25) is 0 Å². The molecule has 0 saturated carbocycles. The van der Waals surface area contributed by atoms with Crippen LogP contribution in [0, 0.1) is 13.8 Å². The highest BCUT2D eigenvalue weighted by molar-refractivity contribution is 5.80. The van der Waals surface area contributed by atoms with Gasteiger partial charge in [0, 0.05) is 6.54 Å². The van der Waals surface area contributed by atoms with Gasteiger partial charge in [0.15, 0.2) is 6.10 Å². The Hall–Kier alpha value is -2.49. The summed E-state index contributed by atoms with van der Waals surface area (Å²) in [7, 11) is 0. The first-order chi connectivity index (χ1) is 12.5. The van der Waals surface area contributed by atoms with Gasteiger partial charge in [-0.2, -0.15) is 0 Å². The molecule has 0 aromatic heterocycles. The molecule has 0 heterocycles. The Morgan fingerprint density at radius 1 is 1.12 bits per heavy atom. The molecule has 0 spiro atoms. The molecule has 1 amide bonds. The number of rotatable bonds is 9. The molecular formula is C22H29NO3. The molecule has 4 heteroatoms. The van der Waals surface area contributed by atoms with Gasteiger partial charge in [0.1, 0.15) is 11.5 Å². The van der Waals surface area contributed by atoms with Crippen molar-refractivity contribution < 1.29 is 14.3 Å². The average molecular weight is 355 g/mol. The van der Waals surface area contributed by atoms with E-state index in [2.05, 4.69) is 17.4 Å². The molecule has 0 radical (unpaired) electrons. The molecule has 1 N–H and O–H groups in total. The van der Waals surface area contributed by atoms with Crippen LogP contribution in [0.1, 0.15) is 37.0 Å². The van der Waals surface area contributed by atoms with Gasteiger partial charge in [-0.05, 0) is 75.4 Å². The second-order valence-electron chi connectivity index (χ2n) is 6.50. The minimum absolute atomic E-state index is 0.0856. The van der Waals surface area contributed by atoms with Crippen LogP contribution >= 0.6 is 0 Å². The van der Waals surface area contributed by atoms with Crippen molar-refractivity contribution >= 4 is 5.91 Å². The first-order valence-electron chi connectivity index (χ1n) is 9.23. The summed E-state index contributed by atoms with van der Waals surface area (Å²) >= 11 is 0. The van der Waals surface area contributed by atoms with E-state index in [4.69, 9.17) is 9.47 Å². The lowest BCUT2D eigenvalue weighted by atomic mass is 10.1. The molecular weight excluding hydrogens is 326 g/mol. The Morgan fingerprint density at radius 3 is 2.54 bits per heavy atom. The van der Waals surface area contributed by atoms with Crippen molar-refractivity contribution in [3.8, 4) is 11.5 Å². The fourth-order valence-electron chi connectivity index (χ4n) is 2.65. The largest absolute Gasteiger partial charge is 0.494 e. The van der Waals surface area contributed by atoms with Crippen LogP contribution in [0.25, 0.3) is 0 Å². The number of benzene rings is 2. The lowest BCUT2D eigenvalue weighted by Crippen LogP contribution is -2.37. The van der Waals surface area contributed by atoms with Gasteiger partial charge in [-0.25, -0.2) is 0 Å². The van der Waals surface area contributed by atoms with E-state index in [1.165, 1.54) is 5.56 Å². The Morgan fingerprint density at radius 2 is 1.85 bits per heavy atom. The number of ether oxygens (including phenoxy) is 2. The zero-order valence-corrected chi connectivity index (χ0v) is 16.2. The topological polar surface area (TPSA) is 47.6 Å². The molecule has 0 aliphatic heterocycles. The molecule has 26 heavy (non-hydrogen) atoms. The number of hydrogen-bond donors (Lipinski definition) is 1. The maximum absolute atomic E-state index is 12.2. The van der Waals surface area contributed by atoms with Crippen molar-refractivity contribution in [2.45, 2.75) is 46.6 Å². The van der Waals surface area contributed by atoms with Crippen LogP contribution in [-0.4, -0.2) is 25.2 Å². The average Bonchev–Trinajstić information content (AvgIpc) is 2.63. The van der Waals surface area contributed by atoms with E-state index < -0.39 is 6.10 Å². The summed E-state index contributed by atoms with van der Waals surface area (Å²) in [5.41, 5.74) is 3.39. The second kappa shape index (κ2) is 9.85. The number of nitrogens with one attached hydrogen (secondary N) is 1. The summed E-state index contributed by atoms with van der Waals surface area (Å²) in [5, 5.41) is 2.95. The van der Waals surface area contributed by atoms with Crippen molar-refractivity contribution in [1.29, 1.82) is 0 Å². The summed E-state index contributed by atoms with van der Waals surface area (Å²) in [6.07, 6.45) is 1.29. The quantitative estimate of drug-likeness (QED) is 0.685. The van der Waals surface area contributed by atoms with E-state index in [0.29, 0.717) is 13.2 Å². The minimum atomic E-state index is -0.513. The maximum atomic E-state index is 12.2. The van der Waals surface area contributed by atoms with E-state index in [0.717, 1.165) is 35.5 Å². The Kier molecular flexibility index (Phi) is 7.52. The molecule has 2 aromatic rings. The van der Waals surface area contributed by atoms with Crippen LogP contribution in [0.15, 0.2) is 42.5 Å². The molecule has 2 aromatic carbocycles. The van der Waals surface area contributed by atoms with Crippen LogP contribution < -0.4 is 14.8 Å². The first-order valence-corrected chi connectivity index (χ1v) is 9.23. The van der Waals surface area contributed by atoms with Gasteiger partial charge in [-0.1, -0.05) is 24.3 Å². The predicted octanol–water partition coefficient (Wildman–Crippen LogP) is 4.22. The normalized spacial score (nSPS) is 11.7. The van der Waals surface area contributed by atoms with Crippen molar-refractivity contribution in [3.05, 3.63) is 59.2 Å². The molecule has 0 aliphatic carbocycles. The molecule has 4 nitrogen and oxygen atoms in total. The fraction of sp³-hybridized carbons (Fsp3) is 0.409. The SMILES string of the molecule is CCOc1ccc(CCCNC(=O)C(C)Oc2cc(C)ccc2C)cc1. The zero-order chi connectivity index (χ0) is 18.9. The van der Waals surface area contributed by atoms with Gasteiger partial charge in [-0.3, -0.25) is 4.79 Å². The van der Waals surface area contributed by atoms with Crippen molar-refractivity contribution in [1.82, 2.24) is 5.32 Å². The Bertz CT molecular complexity index is 710. The van der Waals surface area contributed by atoms with Gasteiger partial charge >= 0.3 is 0 Å². The second-order valence-corrected chi connectivity index (χ2v) is 6.50. The first kappa shape index (κ1) is 19.8. The smallest absolute Gasteiger partial charge is 0.260 e. The van der Waals surface area contributed by atoms with Crippen LogP contribution in [0.4, 0.5) is 0 Å². The Balaban J connectivity index is 1.73. The lowest BCUT2D eigenvalue weighted by Gasteiger charge is -2.16. The number of hydrogen-bond acceptors (Lipinski definition) is 3. The van der Waals surface area contributed by atoms with Crippen LogP contribution in [0.3, 0.4) is 0 Å². The predicted molar refractivity (Wildman–Crippen MR) is 105 cm³/mol. The van der Waals surface area contributed by atoms with Gasteiger partial charge in [0.05, 0.1) is 6.61 Å². The molecule has 1 unspecified atom stereocenters. The fourth-order valence-corrected chi connectivity index (χ4v) is 2.65. The highest BCUT2D eigenvalue weighted by Gasteiger charge is 2.15. The van der Waals surface area contributed by atoms with Crippen LogP contribution in [0.5, 0.6) is 11.5 Å². The van der Waals surface area contributed by atoms with Crippen molar-refractivity contribution in [2.75, 3.05) is 13.2 Å². The van der Waals surface area contributed by atoms with E-state index in [1.54, 1.807) is 6.92 Å². The molecule has 140 valence electrons. The standard InChI is InChI=1S/C22H29NO3/c1-5-25-20-12-10-19(11-13-20)7-6-14-23-22(24)18(4)26-21-15-16(2)8-9-17(21)3/h8-13,15,18H,5-7,14H2,1-4H3,(H,23,24). The van der Waals surface area contributed by atoms with Crippen LogP contribution in [-0.2, 0) is 11.2 Å². The van der Waals surface area contributed by atoms with E-state index in [9.17, 15) is 4.79 Å². The minimum Gasteiger partial charge on any atom is -0.494 e. The molecule has 0 saturated heterocycles. The van der Waals surface area contributed by atoms with Crippen molar-refractivity contribution in [3.63, 3.8) is 0 Å². The molecule has 0 aliphatic rings. The lowest BCUT2D eigenvalue weighted by molar-refractivity contribution is -0.127. The molecule has 1 atom stereocenters. The summed E-state index contributed by atoms with van der Waals surface area (Å²) < 4.78 is 11.3. The third-order valence-electron chi connectivity index (χ3n) is 4.19. The monoisotopic (exact) mass is 355 g/mol. The number of amides is 1. The highest BCUT2D eigenvalue weighted by atomic mass is 16.5. The van der Waals surface area contributed by atoms with Crippen LogP contribution in [0.2, 0.25) is 0 Å². The number of carbonyl (C=O) groups excluding carboxylic acids is 1. The van der Waals surface area contributed by atoms with Crippen molar-refractivity contribution in [2.24, 2.45) is 0 Å². The third kappa shape index (κ3) is 6.10. The van der Waals surface area contributed by atoms with Gasteiger partial charge in [-0.15, -0.1) is 0 Å². The van der Waals surface area contributed by atoms with E-state index in [-0.39, 0.29) is 5.91 Å². The highest BCUT2D eigenvalue weighted by Crippen LogP contribution is 2.20. The Labute approximate surface area is 156 Å². The number of carbonyl (C=O) groups is 1. The summed E-state index contributed by atoms with van der Waals surface area (Å²) in [6.45, 7) is 9.06.